The molecule has 0 unspecified atom stereocenters. The van der Waals surface area contributed by atoms with E-state index >= 15 is 0 Å². The molecule has 0 saturated heterocycles. The van der Waals surface area contributed by atoms with Crippen LogP contribution in [0.1, 0.15) is 12.5 Å². The second kappa shape index (κ2) is 6.43. The maximum Gasteiger partial charge on any atom is 0.246 e. The Labute approximate surface area is 94.4 Å². The summed E-state index contributed by atoms with van der Waals surface area (Å²) < 4.78 is 5.22. The molecule has 0 radical (unpaired) electrons. The van der Waals surface area contributed by atoms with Crippen molar-refractivity contribution >= 4 is 17.5 Å². The van der Waals surface area contributed by atoms with E-state index in [1.54, 1.807) is 6.07 Å². The van der Waals surface area contributed by atoms with Crippen molar-refractivity contribution in [3.63, 3.8) is 0 Å². The molecule has 0 saturated carbocycles. The van der Waals surface area contributed by atoms with Gasteiger partial charge in [0.2, 0.25) is 5.91 Å². The van der Waals surface area contributed by atoms with Gasteiger partial charge < -0.3 is 10.1 Å². The maximum atomic E-state index is 11.0. The number of halogens is 1. The molecule has 0 bridgehead atoms. The molecular formula is C11H14ClNO2. The Kier molecular flexibility index (Phi) is 5.15. The molecule has 1 amide bonds. The second-order valence-electron chi connectivity index (χ2n) is 3.04. The van der Waals surface area contributed by atoms with Crippen molar-refractivity contribution < 1.29 is 9.53 Å². The number of rotatable bonds is 5. The lowest BCUT2D eigenvalue weighted by Crippen LogP contribution is -2.27. The highest BCUT2D eigenvalue weighted by atomic mass is 35.5. The van der Waals surface area contributed by atoms with Crippen molar-refractivity contribution in [2.45, 2.75) is 13.5 Å². The summed E-state index contributed by atoms with van der Waals surface area (Å²) in [4.78, 5) is 11.0. The van der Waals surface area contributed by atoms with Gasteiger partial charge >= 0.3 is 0 Å². The number of hydrogen-bond acceptors (Lipinski definition) is 2. The van der Waals surface area contributed by atoms with Gasteiger partial charge in [-0.25, -0.2) is 0 Å². The Bertz CT molecular complexity index is 328. The van der Waals surface area contributed by atoms with E-state index in [0.717, 1.165) is 5.56 Å². The van der Waals surface area contributed by atoms with Gasteiger partial charge in [-0.15, -0.1) is 0 Å². The molecule has 0 aromatic heterocycles. The molecule has 0 aliphatic carbocycles. The van der Waals surface area contributed by atoms with Crippen molar-refractivity contribution in [1.82, 2.24) is 5.32 Å². The van der Waals surface area contributed by atoms with Crippen LogP contribution in [0.25, 0.3) is 0 Å². The number of nitrogens with one attached hydrogen (secondary N) is 1. The molecule has 1 aromatic rings. The van der Waals surface area contributed by atoms with E-state index < -0.39 is 0 Å². The highest BCUT2D eigenvalue weighted by Gasteiger charge is 2.01. The minimum Gasteiger partial charge on any atom is -0.367 e. The summed E-state index contributed by atoms with van der Waals surface area (Å²) in [5, 5.41) is 3.31. The topological polar surface area (TPSA) is 38.3 Å². The normalized spacial score (nSPS) is 10.0. The molecule has 0 spiro atoms. The fraction of sp³-hybridized carbons (Fsp3) is 0.364. The molecule has 15 heavy (non-hydrogen) atoms. The molecule has 1 rings (SSSR count). The highest BCUT2D eigenvalue weighted by Crippen LogP contribution is 2.15. The van der Waals surface area contributed by atoms with Crippen LogP contribution in [0.4, 0.5) is 0 Å². The number of hydrogen-bond donors (Lipinski definition) is 1. The lowest BCUT2D eigenvalue weighted by molar-refractivity contribution is -0.125. The van der Waals surface area contributed by atoms with Crippen LogP contribution in [0.5, 0.6) is 0 Å². The first-order valence-electron chi connectivity index (χ1n) is 4.82. The standard InChI is InChI=1S/C11H14ClNO2/c1-2-13-11(14)8-15-7-9-5-3-4-6-10(9)12/h3-6H,2,7-8H2,1H3,(H,13,14). The number of amides is 1. The average Bonchev–Trinajstić information content (AvgIpc) is 2.21. The summed E-state index contributed by atoms with van der Waals surface area (Å²) >= 11 is 5.92. The molecule has 82 valence electrons. The number of likely N-dealkylation sites (N-methyl/N-ethyl adjacent to an activating group) is 1. The van der Waals surface area contributed by atoms with Crippen LogP contribution in [0.3, 0.4) is 0 Å². The molecule has 4 heteroatoms. The van der Waals surface area contributed by atoms with Gasteiger partial charge in [-0.05, 0) is 18.6 Å². The Morgan fingerprint density at radius 2 is 2.20 bits per heavy atom. The second-order valence-corrected chi connectivity index (χ2v) is 3.44. The summed E-state index contributed by atoms with van der Waals surface area (Å²) in [6, 6.07) is 7.42. The first kappa shape index (κ1) is 12.0. The van der Waals surface area contributed by atoms with Crippen molar-refractivity contribution in [3.8, 4) is 0 Å². The van der Waals surface area contributed by atoms with E-state index in [0.29, 0.717) is 18.2 Å². The Hall–Kier alpha value is -1.06. The predicted octanol–water partition coefficient (Wildman–Crippen LogP) is 1.99. The largest absolute Gasteiger partial charge is 0.367 e. The zero-order chi connectivity index (χ0) is 11.1. The highest BCUT2D eigenvalue weighted by molar-refractivity contribution is 6.31. The minimum absolute atomic E-state index is 0.0685. The van der Waals surface area contributed by atoms with Gasteiger partial charge in [-0.1, -0.05) is 29.8 Å². The molecule has 3 nitrogen and oxygen atoms in total. The number of ether oxygens (including phenoxy) is 1. The van der Waals surface area contributed by atoms with Gasteiger partial charge in [0.15, 0.2) is 0 Å². The van der Waals surface area contributed by atoms with Crippen LogP contribution < -0.4 is 5.32 Å². The third-order valence-corrected chi connectivity index (χ3v) is 2.19. The van der Waals surface area contributed by atoms with Crippen LogP contribution >= 0.6 is 11.6 Å². The van der Waals surface area contributed by atoms with E-state index in [1.807, 2.05) is 25.1 Å². The maximum absolute atomic E-state index is 11.0. The van der Waals surface area contributed by atoms with E-state index in [4.69, 9.17) is 16.3 Å². The third-order valence-electron chi connectivity index (χ3n) is 1.82. The summed E-state index contributed by atoms with van der Waals surface area (Å²) in [6.45, 7) is 2.91. The van der Waals surface area contributed by atoms with Crippen molar-refractivity contribution in [1.29, 1.82) is 0 Å². The summed E-state index contributed by atoms with van der Waals surface area (Å²) in [5.41, 5.74) is 0.892. The van der Waals surface area contributed by atoms with Crippen molar-refractivity contribution in [3.05, 3.63) is 34.9 Å². The number of carbonyl (C=O) groups is 1. The number of carbonyl (C=O) groups excluding carboxylic acids is 1. The van der Waals surface area contributed by atoms with Gasteiger partial charge in [0.1, 0.15) is 6.61 Å². The Morgan fingerprint density at radius 3 is 2.87 bits per heavy atom. The van der Waals surface area contributed by atoms with E-state index in [9.17, 15) is 4.79 Å². The van der Waals surface area contributed by atoms with Crippen molar-refractivity contribution in [2.24, 2.45) is 0 Å². The van der Waals surface area contributed by atoms with Crippen molar-refractivity contribution in [2.75, 3.05) is 13.2 Å². The average molecular weight is 228 g/mol. The van der Waals surface area contributed by atoms with Gasteiger partial charge in [-0.2, -0.15) is 0 Å². The molecule has 0 aliphatic rings. The molecular weight excluding hydrogens is 214 g/mol. The lowest BCUT2D eigenvalue weighted by atomic mass is 10.2. The van der Waals surface area contributed by atoms with E-state index in [-0.39, 0.29) is 12.5 Å². The molecule has 0 heterocycles. The van der Waals surface area contributed by atoms with Gasteiger partial charge in [-0.3, -0.25) is 4.79 Å². The van der Waals surface area contributed by atoms with Crippen LogP contribution in [-0.2, 0) is 16.1 Å². The smallest absolute Gasteiger partial charge is 0.246 e. The summed E-state index contributed by atoms with van der Waals surface area (Å²) in [7, 11) is 0. The molecule has 0 fully saturated rings. The zero-order valence-corrected chi connectivity index (χ0v) is 9.38. The first-order chi connectivity index (χ1) is 7.24. The first-order valence-corrected chi connectivity index (χ1v) is 5.19. The predicted molar refractivity (Wildman–Crippen MR) is 59.8 cm³/mol. The van der Waals surface area contributed by atoms with Gasteiger partial charge in [0.25, 0.3) is 0 Å². The Balaban J connectivity index is 2.32. The lowest BCUT2D eigenvalue weighted by Gasteiger charge is -2.05. The minimum atomic E-state index is -0.107. The van der Waals surface area contributed by atoms with Gasteiger partial charge in [0, 0.05) is 11.6 Å². The Morgan fingerprint density at radius 1 is 1.47 bits per heavy atom. The molecule has 1 aromatic carbocycles. The van der Waals surface area contributed by atoms with Crippen LogP contribution in [-0.4, -0.2) is 19.1 Å². The fourth-order valence-corrected chi connectivity index (χ4v) is 1.31. The van der Waals surface area contributed by atoms with E-state index in [1.165, 1.54) is 0 Å². The zero-order valence-electron chi connectivity index (χ0n) is 8.63. The van der Waals surface area contributed by atoms with Crippen LogP contribution in [0, 0.1) is 0 Å². The summed E-state index contributed by atoms with van der Waals surface area (Å²) in [6.07, 6.45) is 0. The van der Waals surface area contributed by atoms with Crippen LogP contribution in [0.2, 0.25) is 5.02 Å². The molecule has 1 N–H and O–H groups in total. The fourth-order valence-electron chi connectivity index (χ4n) is 1.12. The number of benzene rings is 1. The SMILES string of the molecule is CCNC(=O)COCc1ccccc1Cl. The van der Waals surface area contributed by atoms with Gasteiger partial charge in [0.05, 0.1) is 6.61 Å². The van der Waals surface area contributed by atoms with E-state index in [2.05, 4.69) is 5.32 Å². The molecule has 0 aliphatic heterocycles. The third kappa shape index (κ3) is 4.32. The van der Waals surface area contributed by atoms with Crippen LogP contribution in [0.15, 0.2) is 24.3 Å². The monoisotopic (exact) mass is 227 g/mol. The summed E-state index contributed by atoms with van der Waals surface area (Å²) in [5.74, 6) is -0.107. The molecule has 0 atom stereocenters. The quantitative estimate of drug-likeness (QED) is 0.836.